The van der Waals surface area contributed by atoms with Gasteiger partial charge in [0.1, 0.15) is 5.75 Å². The van der Waals surface area contributed by atoms with Crippen LogP contribution in [-0.2, 0) is 20.6 Å². The van der Waals surface area contributed by atoms with E-state index in [-0.39, 0.29) is 18.2 Å². The van der Waals surface area contributed by atoms with E-state index in [1.165, 1.54) is 6.08 Å². The van der Waals surface area contributed by atoms with Crippen molar-refractivity contribution in [3.63, 3.8) is 0 Å². The van der Waals surface area contributed by atoms with Gasteiger partial charge in [0.25, 0.3) is 0 Å². The van der Waals surface area contributed by atoms with Gasteiger partial charge >= 0.3 is 0 Å². The average Bonchev–Trinajstić information content (AvgIpc) is 2.76. The van der Waals surface area contributed by atoms with E-state index in [0.717, 1.165) is 16.5 Å². The van der Waals surface area contributed by atoms with Crippen LogP contribution in [0.5, 0.6) is 5.75 Å². The molecule has 0 heterocycles. The van der Waals surface area contributed by atoms with Crippen molar-refractivity contribution in [2.24, 2.45) is 0 Å². The van der Waals surface area contributed by atoms with Crippen molar-refractivity contribution in [2.45, 2.75) is 18.6 Å². The quantitative estimate of drug-likeness (QED) is 0.346. The first-order valence-electron chi connectivity index (χ1n) is 10.0. The van der Waals surface area contributed by atoms with E-state index in [9.17, 15) is 13.2 Å². The Morgan fingerprint density at radius 2 is 1.74 bits per heavy atom. The fraction of sp³-hybridized carbons (Fsp3) is 0.208. The van der Waals surface area contributed by atoms with E-state index in [2.05, 4.69) is 16.6 Å². The van der Waals surface area contributed by atoms with Crippen molar-refractivity contribution < 1.29 is 17.9 Å². The van der Waals surface area contributed by atoms with Gasteiger partial charge in [-0.3, -0.25) is 4.79 Å². The number of rotatable bonds is 11. The lowest BCUT2D eigenvalue weighted by Crippen LogP contribution is -2.25. The maximum absolute atomic E-state index is 12.2. The molecule has 0 radical (unpaired) electrons. The molecule has 2 N–H and O–H groups in total. The van der Waals surface area contributed by atoms with Gasteiger partial charge in [0.15, 0.2) is 0 Å². The third-order valence-corrected chi connectivity index (χ3v) is 5.92. The second kappa shape index (κ2) is 10.7. The molecule has 3 rings (SSSR count). The Bertz CT molecular complexity index is 1140. The molecule has 3 aromatic rings. The molecule has 3 aromatic carbocycles. The first-order valence-corrected chi connectivity index (χ1v) is 11.7. The molecule has 0 atom stereocenters. The van der Waals surface area contributed by atoms with Gasteiger partial charge in [0.05, 0.1) is 12.4 Å². The summed E-state index contributed by atoms with van der Waals surface area (Å²) in [5.74, 6) is 0.571. The summed E-state index contributed by atoms with van der Waals surface area (Å²) in [5.41, 5.74) is 1.26. The number of ether oxygens (including phenoxy) is 1. The van der Waals surface area contributed by atoms with Crippen molar-refractivity contribution in [2.75, 3.05) is 18.5 Å². The zero-order valence-electron chi connectivity index (χ0n) is 17.2. The molecule has 0 aliphatic carbocycles. The molecular weight excluding hydrogens is 412 g/mol. The Labute approximate surface area is 183 Å². The number of anilines is 1. The topological polar surface area (TPSA) is 84.5 Å². The highest BCUT2D eigenvalue weighted by atomic mass is 32.2. The van der Waals surface area contributed by atoms with Crippen LogP contribution in [0.4, 0.5) is 5.69 Å². The lowest BCUT2D eigenvalue weighted by molar-refractivity contribution is -0.116. The van der Waals surface area contributed by atoms with E-state index in [1.54, 1.807) is 24.3 Å². The Kier molecular flexibility index (Phi) is 7.81. The van der Waals surface area contributed by atoms with Crippen LogP contribution in [-0.4, -0.2) is 27.5 Å². The maximum atomic E-state index is 12.2. The van der Waals surface area contributed by atoms with Crippen LogP contribution in [0.15, 0.2) is 79.4 Å². The molecule has 0 spiro atoms. The number of amides is 1. The molecule has 0 saturated heterocycles. The molecule has 0 aliphatic heterocycles. The third kappa shape index (κ3) is 6.94. The normalized spacial score (nSPS) is 11.2. The molecule has 1 amide bonds. The third-order valence-electron chi connectivity index (χ3n) is 4.60. The number of carbonyl (C=O) groups excluding carboxylic acids is 1. The Hall–Kier alpha value is -3.16. The number of carbonyl (C=O) groups is 1. The van der Waals surface area contributed by atoms with E-state index in [0.29, 0.717) is 30.7 Å². The first kappa shape index (κ1) is 22.5. The van der Waals surface area contributed by atoms with E-state index >= 15 is 0 Å². The molecule has 0 bridgehead atoms. The largest absolute Gasteiger partial charge is 0.493 e. The lowest BCUT2D eigenvalue weighted by Gasteiger charge is -2.10. The molecule has 7 heteroatoms. The Balaban J connectivity index is 1.44. The van der Waals surface area contributed by atoms with Gasteiger partial charge in [0, 0.05) is 24.0 Å². The van der Waals surface area contributed by atoms with Gasteiger partial charge in [-0.15, -0.1) is 6.58 Å². The summed E-state index contributed by atoms with van der Waals surface area (Å²) in [6, 6.07) is 20.7. The van der Waals surface area contributed by atoms with Crippen molar-refractivity contribution in [3.05, 3.63) is 84.9 Å². The van der Waals surface area contributed by atoms with Crippen LogP contribution in [0.3, 0.4) is 0 Å². The van der Waals surface area contributed by atoms with E-state index < -0.39 is 10.0 Å². The van der Waals surface area contributed by atoms with Gasteiger partial charge in [-0.05, 0) is 35.6 Å². The standard InChI is InChI=1S/C24H26N2O4S/c1-2-16-25-31(28,29)18-19-12-14-21(15-13-19)26-24(27)11-6-17-30-23-10-5-8-20-7-3-4-9-22(20)23/h2-5,7-10,12-15,25H,1,6,11,16-18H2,(H,26,27). The molecule has 0 fully saturated rings. The predicted octanol–water partition coefficient (Wildman–Crippen LogP) is 4.24. The summed E-state index contributed by atoms with van der Waals surface area (Å²) in [7, 11) is -3.41. The van der Waals surface area contributed by atoms with Crippen molar-refractivity contribution in [3.8, 4) is 5.75 Å². The SMILES string of the molecule is C=CCNS(=O)(=O)Cc1ccc(NC(=O)CCCOc2cccc3ccccc23)cc1. The molecule has 0 saturated carbocycles. The summed E-state index contributed by atoms with van der Waals surface area (Å²) < 4.78 is 32.1. The number of hydrogen-bond donors (Lipinski definition) is 2. The molecule has 0 aromatic heterocycles. The molecule has 0 unspecified atom stereocenters. The average molecular weight is 439 g/mol. The molecule has 0 aliphatic rings. The van der Waals surface area contributed by atoms with Gasteiger partial charge < -0.3 is 10.1 Å². The van der Waals surface area contributed by atoms with Gasteiger partial charge in [0.2, 0.25) is 15.9 Å². The number of nitrogens with one attached hydrogen (secondary N) is 2. The number of hydrogen-bond acceptors (Lipinski definition) is 4. The highest BCUT2D eigenvalue weighted by molar-refractivity contribution is 7.88. The lowest BCUT2D eigenvalue weighted by atomic mass is 10.1. The van der Waals surface area contributed by atoms with Crippen LogP contribution in [0.1, 0.15) is 18.4 Å². The van der Waals surface area contributed by atoms with Crippen molar-refractivity contribution in [1.82, 2.24) is 4.72 Å². The smallest absolute Gasteiger partial charge is 0.224 e. The van der Waals surface area contributed by atoms with E-state index in [4.69, 9.17) is 4.74 Å². The van der Waals surface area contributed by atoms with Crippen LogP contribution >= 0.6 is 0 Å². The minimum absolute atomic E-state index is 0.116. The predicted molar refractivity (Wildman–Crippen MR) is 125 cm³/mol. The summed E-state index contributed by atoms with van der Waals surface area (Å²) in [4.78, 5) is 12.2. The minimum Gasteiger partial charge on any atom is -0.493 e. The van der Waals surface area contributed by atoms with Crippen LogP contribution < -0.4 is 14.8 Å². The molecule has 162 valence electrons. The summed E-state index contributed by atoms with van der Waals surface area (Å²) in [6.45, 7) is 4.12. The van der Waals surface area contributed by atoms with Gasteiger partial charge in [-0.25, -0.2) is 13.1 Å². The van der Waals surface area contributed by atoms with Crippen LogP contribution in [0, 0.1) is 0 Å². The van der Waals surface area contributed by atoms with Crippen LogP contribution in [0.25, 0.3) is 10.8 Å². The van der Waals surface area contributed by atoms with E-state index in [1.807, 2.05) is 42.5 Å². The van der Waals surface area contributed by atoms with Gasteiger partial charge in [-0.2, -0.15) is 0 Å². The van der Waals surface area contributed by atoms with Crippen molar-refractivity contribution >= 4 is 32.4 Å². The molecule has 31 heavy (non-hydrogen) atoms. The highest BCUT2D eigenvalue weighted by Crippen LogP contribution is 2.25. The van der Waals surface area contributed by atoms with Gasteiger partial charge in [-0.1, -0.05) is 54.6 Å². The first-order chi connectivity index (χ1) is 15.0. The molecular formula is C24H26N2O4S. The minimum atomic E-state index is -3.41. The summed E-state index contributed by atoms with van der Waals surface area (Å²) in [5, 5.41) is 4.99. The zero-order valence-corrected chi connectivity index (χ0v) is 18.0. The second-order valence-corrected chi connectivity index (χ2v) is 8.88. The summed E-state index contributed by atoms with van der Waals surface area (Å²) in [6.07, 6.45) is 2.40. The number of benzene rings is 3. The van der Waals surface area contributed by atoms with Crippen LogP contribution in [0.2, 0.25) is 0 Å². The fourth-order valence-corrected chi connectivity index (χ4v) is 4.21. The Morgan fingerprint density at radius 1 is 1.00 bits per heavy atom. The fourth-order valence-electron chi connectivity index (χ4n) is 3.10. The number of sulfonamides is 1. The maximum Gasteiger partial charge on any atom is 0.224 e. The monoisotopic (exact) mass is 438 g/mol. The molecule has 6 nitrogen and oxygen atoms in total. The summed E-state index contributed by atoms with van der Waals surface area (Å²) >= 11 is 0. The zero-order chi connectivity index (χ0) is 22.1. The Morgan fingerprint density at radius 3 is 2.52 bits per heavy atom. The highest BCUT2D eigenvalue weighted by Gasteiger charge is 2.10. The number of fused-ring (bicyclic) bond motifs is 1. The second-order valence-electron chi connectivity index (χ2n) is 7.07. The van der Waals surface area contributed by atoms with Crippen molar-refractivity contribution in [1.29, 1.82) is 0 Å².